The van der Waals surface area contributed by atoms with Crippen LogP contribution >= 0.6 is 15.9 Å². The average molecular weight is 319 g/mol. The number of urea groups is 1. The summed E-state index contributed by atoms with van der Waals surface area (Å²) in [6, 6.07) is 15.3. The first-order chi connectivity index (χ1) is 9.13. The fourth-order valence-electron chi connectivity index (χ4n) is 1.73. The Bertz CT molecular complexity index is 584. The lowest BCUT2D eigenvalue weighted by molar-refractivity contribution is 0.251. The van der Waals surface area contributed by atoms with Crippen LogP contribution in [0, 0.1) is 6.92 Å². The van der Waals surface area contributed by atoms with Crippen molar-refractivity contribution in [1.29, 1.82) is 0 Å². The SMILES string of the molecule is Cc1cccc(NC(=O)NCc2cccc(Br)c2)c1. The van der Waals surface area contributed by atoms with Gasteiger partial charge in [-0.1, -0.05) is 40.2 Å². The molecule has 2 amide bonds. The second-order valence-electron chi connectivity index (χ2n) is 4.31. The largest absolute Gasteiger partial charge is 0.334 e. The number of aryl methyl sites for hydroxylation is 1. The monoisotopic (exact) mass is 318 g/mol. The third-order valence-electron chi connectivity index (χ3n) is 2.62. The number of hydrogen-bond acceptors (Lipinski definition) is 1. The number of hydrogen-bond donors (Lipinski definition) is 2. The predicted molar refractivity (Wildman–Crippen MR) is 81.2 cm³/mol. The summed E-state index contributed by atoms with van der Waals surface area (Å²) in [7, 11) is 0. The molecule has 2 aromatic carbocycles. The Balaban J connectivity index is 1.88. The summed E-state index contributed by atoms with van der Waals surface area (Å²) < 4.78 is 1.01. The van der Waals surface area contributed by atoms with E-state index in [1.165, 1.54) is 0 Å². The van der Waals surface area contributed by atoms with Crippen LogP contribution in [0.4, 0.5) is 10.5 Å². The van der Waals surface area contributed by atoms with Gasteiger partial charge in [-0.05, 0) is 42.3 Å². The zero-order chi connectivity index (χ0) is 13.7. The van der Waals surface area contributed by atoms with Gasteiger partial charge in [0.25, 0.3) is 0 Å². The van der Waals surface area contributed by atoms with Crippen LogP contribution in [-0.2, 0) is 6.54 Å². The van der Waals surface area contributed by atoms with E-state index in [0.717, 1.165) is 21.3 Å². The minimum atomic E-state index is -0.203. The van der Waals surface area contributed by atoms with Gasteiger partial charge in [-0.2, -0.15) is 0 Å². The number of benzene rings is 2. The van der Waals surface area contributed by atoms with Crippen LogP contribution in [0.25, 0.3) is 0 Å². The Labute approximate surface area is 121 Å². The van der Waals surface area contributed by atoms with E-state index in [-0.39, 0.29) is 6.03 Å². The molecule has 0 saturated carbocycles. The third kappa shape index (κ3) is 4.41. The standard InChI is InChI=1S/C15H15BrN2O/c1-11-4-2-7-14(8-11)18-15(19)17-10-12-5-3-6-13(16)9-12/h2-9H,10H2,1H3,(H2,17,18,19). The summed E-state index contributed by atoms with van der Waals surface area (Å²) >= 11 is 3.40. The lowest BCUT2D eigenvalue weighted by Gasteiger charge is -2.08. The molecule has 0 bridgehead atoms. The normalized spacial score (nSPS) is 10.0. The highest BCUT2D eigenvalue weighted by atomic mass is 79.9. The molecule has 0 radical (unpaired) electrons. The van der Waals surface area contributed by atoms with Crippen LogP contribution < -0.4 is 10.6 Å². The summed E-state index contributed by atoms with van der Waals surface area (Å²) in [5, 5.41) is 5.63. The molecule has 0 heterocycles. The van der Waals surface area contributed by atoms with Crippen molar-refractivity contribution in [3.8, 4) is 0 Å². The molecule has 3 nitrogen and oxygen atoms in total. The summed E-state index contributed by atoms with van der Waals surface area (Å²) in [6.07, 6.45) is 0. The third-order valence-corrected chi connectivity index (χ3v) is 3.11. The van der Waals surface area contributed by atoms with Gasteiger partial charge < -0.3 is 10.6 Å². The van der Waals surface area contributed by atoms with Gasteiger partial charge >= 0.3 is 6.03 Å². The van der Waals surface area contributed by atoms with E-state index >= 15 is 0 Å². The fourth-order valence-corrected chi connectivity index (χ4v) is 2.17. The zero-order valence-corrected chi connectivity index (χ0v) is 12.2. The second-order valence-corrected chi connectivity index (χ2v) is 5.22. The smallest absolute Gasteiger partial charge is 0.319 e. The maximum absolute atomic E-state index is 11.7. The molecule has 0 spiro atoms. The molecule has 2 rings (SSSR count). The molecule has 0 aliphatic heterocycles. The Morgan fingerprint density at radius 3 is 2.68 bits per heavy atom. The minimum absolute atomic E-state index is 0.203. The Hall–Kier alpha value is -1.81. The topological polar surface area (TPSA) is 41.1 Å². The van der Waals surface area contributed by atoms with Gasteiger partial charge in [-0.25, -0.2) is 4.79 Å². The molecule has 0 fully saturated rings. The van der Waals surface area contributed by atoms with Gasteiger partial charge in [-0.15, -0.1) is 0 Å². The molecule has 0 aliphatic rings. The highest BCUT2D eigenvalue weighted by Crippen LogP contribution is 2.12. The molecule has 0 atom stereocenters. The van der Waals surface area contributed by atoms with Gasteiger partial charge in [0.15, 0.2) is 0 Å². The molecule has 0 aromatic heterocycles. The summed E-state index contributed by atoms with van der Waals surface area (Å²) in [6.45, 7) is 2.49. The van der Waals surface area contributed by atoms with Crippen LogP contribution in [0.1, 0.15) is 11.1 Å². The number of carbonyl (C=O) groups excluding carboxylic acids is 1. The fraction of sp³-hybridized carbons (Fsp3) is 0.133. The van der Waals surface area contributed by atoms with Crippen molar-refractivity contribution in [3.05, 3.63) is 64.1 Å². The first-order valence-electron chi connectivity index (χ1n) is 5.99. The number of nitrogens with one attached hydrogen (secondary N) is 2. The van der Waals surface area contributed by atoms with E-state index in [2.05, 4.69) is 26.6 Å². The van der Waals surface area contributed by atoms with Crippen molar-refractivity contribution in [2.45, 2.75) is 13.5 Å². The first kappa shape index (κ1) is 13.6. The summed E-state index contributed by atoms with van der Waals surface area (Å²) in [5.74, 6) is 0. The van der Waals surface area contributed by atoms with E-state index in [1.807, 2.05) is 55.5 Å². The number of halogens is 1. The van der Waals surface area contributed by atoms with Crippen molar-refractivity contribution in [2.75, 3.05) is 5.32 Å². The average Bonchev–Trinajstić information content (AvgIpc) is 2.36. The van der Waals surface area contributed by atoms with Crippen LogP contribution in [0.5, 0.6) is 0 Å². The highest BCUT2D eigenvalue weighted by Gasteiger charge is 2.02. The molecule has 0 aliphatic carbocycles. The Morgan fingerprint density at radius 1 is 1.16 bits per heavy atom. The van der Waals surface area contributed by atoms with Crippen molar-refractivity contribution in [3.63, 3.8) is 0 Å². The highest BCUT2D eigenvalue weighted by molar-refractivity contribution is 9.10. The van der Waals surface area contributed by atoms with Crippen molar-refractivity contribution in [2.24, 2.45) is 0 Å². The van der Waals surface area contributed by atoms with E-state index in [9.17, 15) is 4.79 Å². The second kappa shape index (κ2) is 6.38. The first-order valence-corrected chi connectivity index (χ1v) is 6.79. The zero-order valence-electron chi connectivity index (χ0n) is 10.6. The minimum Gasteiger partial charge on any atom is -0.334 e. The molecule has 0 saturated heterocycles. The maximum Gasteiger partial charge on any atom is 0.319 e. The maximum atomic E-state index is 11.7. The predicted octanol–water partition coefficient (Wildman–Crippen LogP) is 4.08. The molecule has 2 N–H and O–H groups in total. The van der Waals surface area contributed by atoms with Crippen LogP contribution in [-0.4, -0.2) is 6.03 Å². The Morgan fingerprint density at radius 2 is 1.95 bits per heavy atom. The summed E-state index contributed by atoms with van der Waals surface area (Å²) in [5.41, 5.74) is 2.96. The molecule has 19 heavy (non-hydrogen) atoms. The number of anilines is 1. The van der Waals surface area contributed by atoms with E-state index in [1.54, 1.807) is 0 Å². The molecule has 4 heteroatoms. The van der Waals surface area contributed by atoms with Gasteiger partial charge in [0.05, 0.1) is 0 Å². The van der Waals surface area contributed by atoms with Gasteiger partial charge in [0.1, 0.15) is 0 Å². The van der Waals surface area contributed by atoms with Crippen LogP contribution in [0.15, 0.2) is 53.0 Å². The number of amides is 2. The number of carbonyl (C=O) groups is 1. The quantitative estimate of drug-likeness (QED) is 0.879. The van der Waals surface area contributed by atoms with Gasteiger partial charge in [0.2, 0.25) is 0 Å². The molecular weight excluding hydrogens is 304 g/mol. The van der Waals surface area contributed by atoms with Gasteiger partial charge in [0, 0.05) is 16.7 Å². The van der Waals surface area contributed by atoms with Crippen molar-refractivity contribution < 1.29 is 4.79 Å². The molecule has 2 aromatic rings. The summed E-state index contributed by atoms with van der Waals surface area (Å²) in [4.78, 5) is 11.7. The molecular formula is C15H15BrN2O. The lowest BCUT2D eigenvalue weighted by Crippen LogP contribution is -2.28. The van der Waals surface area contributed by atoms with E-state index in [4.69, 9.17) is 0 Å². The van der Waals surface area contributed by atoms with E-state index in [0.29, 0.717) is 6.54 Å². The van der Waals surface area contributed by atoms with Crippen molar-refractivity contribution >= 4 is 27.6 Å². The number of rotatable bonds is 3. The van der Waals surface area contributed by atoms with Gasteiger partial charge in [-0.3, -0.25) is 0 Å². The van der Waals surface area contributed by atoms with Crippen LogP contribution in [0.2, 0.25) is 0 Å². The Kier molecular flexibility index (Phi) is 4.58. The van der Waals surface area contributed by atoms with E-state index < -0.39 is 0 Å². The lowest BCUT2D eigenvalue weighted by atomic mass is 10.2. The van der Waals surface area contributed by atoms with Crippen molar-refractivity contribution in [1.82, 2.24) is 5.32 Å². The van der Waals surface area contributed by atoms with Crippen LogP contribution in [0.3, 0.4) is 0 Å². The molecule has 0 unspecified atom stereocenters. The molecule has 98 valence electrons.